The third-order valence-corrected chi connectivity index (χ3v) is 7.81. The topological polar surface area (TPSA) is 103 Å². The Bertz CT molecular complexity index is 758. The molecule has 7 heteroatoms. The molecule has 2 aliphatic carbocycles. The minimum atomic E-state index is -0.543. The minimum Gasteiger partial charge on any atom is -0.392 e. The molecule has 1 fully saturated rings. The molecule has 148 valence electrons. The van der Waals surface area contributed by atoms with Gasteiger partial charge in [-0.15, -0.1) is 11.3 Å². The first kappa shape index (κ1) is 20.1. The molecule has 27 heavy (non-hydrogen) atoms. The summed E-state index contributed by atoms with van der Waals surface area (Å²) in [5.41, 5.74) is 6.99. The molecule has 0 radical (unpaired) electrons. The number of nitrogens with zero attached hydrogens (tertiary/aromatic N) is 3. The molecule has 1 amide bonds. The highest BCUT2D eigenvalue weighted by molar-refractivity contribution is 7.15. The molecular formula is C20H30N4O2S. The van der Waals surface area contributed by atoms with Crippen LogP contribution in [0.25, 0.3) is 0 Å². The van der Waals surface area contributed by atoms with Crippen molar-refractivity contribution in [1.82, 2.24) is 9.88 Å². The number of carbonyl (C=O) groups is 1. The van der Waals surface area contributed by atoms with Crippen LogP contribution in [0, 0.1) is 34.5 Å². The number of nitriles is 1. The lowest BCUT2D eigenvalue weighted by atomic mass is 9.53. The Morgan fingerprint density at radius 1 is 1.59 bits per heavy atom. The molecule has 0 bridgehead atoms. The van der Waals surface area contributed by atoms with Crippen LogP contribution >= 0.6 is 11.3 Å². The van der Waals surface area contributed by atoms with E-state index in [2.05, 4.69) is 24.9 Å². The van der Waals surface area contributed by atoms with E-state index >= 15 is 0 Å². The Balaban J connectivity index is 1.81. The van der Waals surface area contributed by atoms with Gasteiger partial charge in [0.2, 0.25) is 5.91 Å². The molecule has 6 atom stereocenters. The number of anilines is 1. The van der Waals surface area contributed by atoms with E-state index in [1.165, 1.54) is 4.88 Å². The van der Waals surface area contributed by atoms with Gasteiger partial charge in [0.05, 0.1) is 24.3 Å². The second-order valence-corrected chi connectivity index (χ2v) is 9.77. The van der Waals surface area contributed by atoms with Crippen molar-refractivity contribution >= 4 is 22.4 Å². The zero-order valence-corrected chi connectivity index (χ0v) is 17.4. The van der Waals surface area contributed by atoms with Gasteiger partial charge in [0.25, 0.3) is 0 Å². The highest BCUT2D eigenvalue weighted by atomic mass is 32.1. The molecule has 3 N–H and O–H groups in total. The van der Waals surface area contributed by atoms with E-state index in [1.54, 1.807) is 23.3 Å². The molecule has 0 aromatic carbocycles. The molecular weight excluding hydrogens is 360 g/mol. The van der Waals surface area contributed by atoms with Gasteiger partial charge >= 0.3 is 0 Å². The number of fused-ring (bicyclic) bond motifs is 2. The Hall–Kier alpha value is -1.65. The average molecular weight is 391 g/mol. The summed E-state index contributed by atoms with van der Waals surface area (Å²) in [7, 11) is 1.74. The number of thiazole rings is 1. The predicted molar refractivity (Wildman–Crippen MR) is 106 cm³/mol. The predicted octanol–water partition coefficient (Wildman–Crippen LogP) is 2.79. The van der Waals surface area contributed by atoms with Gasteiger partial charge in [-0.2, -0.15) is 5.26 Å². The molecule has 0 aliphatic heterocycles. The Morgan fingerprint density at radius 2 is 2.30 bits per heavy atom. The van der Waals surface area contributed by atoms with Crippen molar-refractivity contribution in [2.24, 2.45) is 23.2 Å². The number of amides is 1. The SMILES string of the molecule is C[C@H](C(=O)N(C)CCC#N)C1CC[C@@]2(C)Cc3sc(N)nc3[C@@H](C)[C@@H]2[C@H]1O. The summed E-state index contributed by atoms with van der Waals surface area (Å²) in [5, 5.41) is 20.7. The number of aliphatic hydroxyl groups excluding tert-OH is 1. The maximum atomic E-state index is 12.8. The van der Waals surface area contributed by atoms with Crippen LogP contribution in [0.3, 0.4) is 0 Å². The molecule has 1 heterocycles. The Labute approximate surface area is 165 Å². The molecule has 1 aromatic heterocycles. The normalized spacial score (nSPS) is 33.5. The molecule has 1 aromatic rings. The zero-order chi connectivity index (χ0) is 19.9. The summed E-state index contributed by atoms with van der Waals surface area (Å²) in [5.74, 6) is -0.115. The highest BCUT2D eigenvalue weighted by Crippen LogP contribution is 2.57. The molecule has 2 aliphatic rings. The average Bonchev–Trinajstić information content (AvgIpc) is 2.98. The van der Waals surface area contributed by atoms with E-state index in [1.807, 2.05) is 6.92 Å². The monoisotopic (exact) mass is 390 g/mol. The minimum absolute atomic E-state index is 0.0107. The Kier molecular flexibility index (Phi) is 5.51. The second-order valence-electron chi connectivity index (χ2n) is 8.66. The number of hydrogen-bond acceptors (Lipinski definition) is 6. The van der Waals surface area contributed by atoms with Gasteiger partial charge < -0.3 is 15.7 Å². The summed E-state index contributed by atoms with van der Waals surface area (Å²) >= 11 is 1.57. The van der Waals surface area contributed by atoms with Crippen molar-refractivity contribution in [3.63, 3.8) is 0 Å². The van der Waals surface area contributed by atoms with Crippen LogP contribution in [0.15, 0.2) is 0 Å². The quantitative estimate of drug-likeness (QED) is 0.823. The summed E-state index contributed by atoms with van der Waals surface area (Å²) in [6, 6.07) is 2.08. The van der Waals surface area contributed by atoms with Crippen LogP contribution in [0.4, 0.5) is 5.13 Å². The van der Waals surface area contributed by atoms with Crippen molar-refractivity contribution in [1.29, 1.82) is 5.26 Å². The first-order valence-corrected chi connectivity index (χ1v) is 10.6. The third kappa shape index (κ3) is 3.45. The van der Waals surface area contributed by atoms with Crippen LogP contribution in [-0.4, -0.2) is 40.6 Å². The standard InChI is InChI=1S/C20H30N4O2S/c1-11(18(26)24(4)9-5-8-21)13-6-7-20(3)10-14-16(23-19(22)27-14)12(2)15(20)17(13)25/h11-13,15,17,25H,5-7,9-10H2,1-4H3,(H2,22,23)/t11-,12-,13?,15+,17-,20-/m0/s1. The highest BCUT2D eigenvalue weighted by Gasteiger charge is 2.53. The number of nitrogens with two attached hydrogens (primary N) is 1. The molecule has 3 rings (SSSR count). The summed E-state index contributed by atoms with van der Waals surface area (Å²) in [6.45, 7) is 6.75. The van der Waals surface area contributed by atoms with E-state index in [9.17, 15) is 9.90 Å². The van der Waals surface area contributed by atoms with Crippen molar-refractivity contribution in [3.05, 3.63) is 10.6 Å². The number of hydrogen-bond donors (Lipinski definition) is 2. The van der Waals surface area contributed by atoms with E-state index in [0.29, 0.717) is 18.1 Å². The van der Waals surface area contributed by atoms with Gasteiger partial charge in [-0.05, 0) is 36.5 Å². The van der Waals surface area contributed by atoms with Crippen LogP contribution in [0.1, 0.15) is 56.5 Å². The van der Waals surface area contributed by atoms with Crippen LogP contribution < -0.4 is 5.73 Å². The first-order valence-electron chi connectivity index (χ1n) is 9.74. The van der Waals surface area contributed by atoms with Crippen LogP contribution in [0.2, 0.25) is 0 Å². The van der Waals surface area contributed by atoms with Crippen molar-refractivity contribution in [3.8, 4) is 6.07 Å². The van der Waals surface area contributed by atoms with Crippen molar-refractivity contribution in [2.45, 2.75) is 58.5 Å². The van der Waals surface area contributed by atoms with Gasteiger partial charge in [-0.25, -0.2) is 4.98 Å². The van der Waals surface area contributed by atoms with Gasteiger partial charge in [0.15, 0.2) is 5.13 Å². The van der Waals surface area contributed by atoms with E-state index < -0.39 is 6.10 Å². The van der Waals surface area contributed by atoms with Crippen LogP contribution in [0.5, 0.6) is 0 Å². The molecule has 1 saturated carbocycles. The molecule has 0 saturated heterocycles. The van der Waals surface area contributed by atoms with Gasteiger partial charge in [0, 0.05) is 30.3 Å². The number of nitrogen functional groups attached to an aromatic ring is 1. The van der Waals surface area contributed by atoms with E-state index in [0.717, 1.165) is 25.0 Å². The lowest BCUT2D eigenvalue weighted by Gasteiger charge is -2.53. The summed E-state index contributed by atoms with van der Waals surface area (Å²) < 4.78 is 0. The van der Waals surface area contributed by atoms with Crippen LogP contribution in [-0.2, 0) is 11.2 Å². The smallest absolute Gasteiger partial charge is 0.225 e. The maximum absolute atomic E-state index is 12.8. The van der Waals surface area contributed by atoms with Crippen molar-refractivity contribution < 1.29 is 9.90 Å². The van der Waals surface area contributed by atoms with Gasteiger partial charge in [0.1, 0.15) is 0 Å². The summed E-state index contributed by atoms with van der Waals surface area (Å²) in [6.07, 6.45) is 2.51. The first-order chi connectivity index (χ1) is 12.7. The lowest BCUT2D eigenvalue weighted by molar-refractivity contribution is -0.143. The Morgan fingerprint density at radius 3 is 2.96 bits per heavy atom. The molecule has 0 spiro atoms. The molecule has 1 unspecified atom stereocenters. The fourth-order valence-electron chi connectivity index (χ4n) is 5.42. The third-order valence-electron chi connectivity index (χ3n) is 6.91. The largest absolute Gasteiger partial charge is 0.392 e. The van der Waals surface area contributed by atoms with Gasteiger partial charge in [-0.3, -0.25) is 4.79 Å². The fourth-order valence-corrected chi connectivity index (χ4v) is 6.56. The van der Waals surface area contributed by atoms with E-state index in [-0.39, 0.29) is 35.0 Å². The second kappa shape index (κ2) is 7.40. The number of carbonyl (C=O) groups excluding carboxylic acids is 1. The number of rotatable bonds is 4. The number of aromatic nitrogens is 1. The lowest BCUT2D eigenvalue weighted by Crippen LogP contribution is -2.53. The zero-order valence-electron chi connectivity index (χ0n) is 16.6. The van der Waals surface area contributed by atoms with E-state index in [4.69, 9.17) is 11.0 Å². The summed E-state index contributed by atoms with van der Waals surface area (Å²) in [4.78, 5) is 20.2. The van der Waals surface area contributed by atoms with Crippen molar-refractivity contribution in [2.75, 3.05) is 19.3 Å². The fraction of sp³-hybridized carbons (Fsp3) is 0.750. The maximum Gasteiger partial charge on any atom is 0.225 e. The molecule has 6 nitrogen and oxygen atoms in total. The van der Waals surface area contributed by atoms with Gasteiger partial charge in [-0.1, -0.05) is 20.8 Å². The number of aliphatic hydroxyl groups is 1.